The third-order valence-electron chi connectivity index (χ3n) is 4.85. The number of nitrogens with zero attached hydrogens (tertiary/aromatic N) is 1. The summed E-state index contributed by atoms with van der Waals surface area (Å²) in [5.74, 6) is -0.223. The molecule has 1 unspecified atom stereocenters. The van der Waals surface area contributed by atoms with E-state index in [1.807, 2.05) is 6.92 Å². The molecule has 0 spiro atoms. The Kier molecular flexibility index (Phi) is 8.30. The van der Waals surface area contributed by atoms with Gasteiger partial charge in [0.1, 0.15) is 5.75 Å². The largest absolute Gasteiger partial charge is 0.494 e. The number of carbonyl (C=O) groups excluding carboxylic acids is 2. The van der Waals surface area contributed by atoms with Crippen LogP contribution in [-0.4, -0.2) is 46.9 Å². The zero-order valence-electron chi connectivity index (χ0n) is 16.0. The van der Waals surface area contributed by atoms with E-state index in [2.05, 4.69) is 0 Å². The average molecular weight is 375 g/mol. The number of amides is 1. The van der Waals surface area contributed by atoms with Crippen LogP contribution in [0.2, 0.25) is 0 Å². The topological polar surface area (TPSA) is 83.9 Å². The summed E-state index contributed by atoms with van der Waals surface area (Å²) in [6, 6.07) is 6.99. The first-order valence-corrected chi connectivity index (χ1v) is 9.78. The minimum Gasteiger partial charge on any atom is -0.494 e. The van der Waals surface area contributed by atoms with Gasteiger partial charge in [-0.05, 0) is 56.4 Å². The second-order valence-electron chi connectivity index (χ2n) is 6.97. The maximum atomic E-state index is 12.6. The summed E-state index contributed by atoms with van der Waals surface area (Å²) < 4.78 is 5.51. The van der Waals surface area contributed by atoms with Gasteiger partial charge in [-0.15, -0.1) is 0 Å². The molecule has 1 amide bonds. The van der Waals surface area contributed by atoms with Crippen molar-refractivity contribution in [2.45, 2.75) is 64.3 Å². The molecule has 1 N–H and O–H groups in total. The first-order valence-electron chi connectivity index (χ1n) is 9.78. The third-order valence-corrected chi connectivity index (χ3v) is 4.85. The molecule has 1 aromatic carbocycles. The number of benzene rings is 1. The summed E-state index contributed by atoms with van der Waals surface area (Å²) in [5.41, 5.74) is 0.577. The maximum Gasteiger partial charge on any atom is 0.303 e. The van der Waals surface area contributed by atoms with E-state index in [1.54, 1.807) is 29.2 Å². The van der Waals surface area contributed by atoms with Crippen molar-refractivity contribution in [3.8, 4) is 5.75 Å². The fraction of sp³-hybridized carbons (Fsp3) is 0.571. The number of ether oxygens (including phenoxy) is 1. The molecule has 0 radical (unpaired) electrons. The second kappa shape index (κ2) is 10.7. The van der Waals surface area contributed by atoms with E-state index in [9.17, 15) is 14.4 Å². The lowest BCUT2D eigenvalue weighted by molar-refractivity contribution is -0.140. The highest BCUT2D eigenvalue weighted by atomic mass is 16.5. The summed E-state index contributed by atoms with van der Waals surface area (Å²) in [7, 11) is 0. The Bertz CT molecular complexity index is 640. The molecule has 1 atom stereocenters. The summed E-state index contributed by atoms with van der Waals surface area (Å²) in [6.07, 6.45) is 4.58. The molecule has 1 fully saturated rings. The van der Waals surface area contributed by atoms with E-state index >= 15 is 0 Å². The maximum absolute atomic E-state index is 12.6. The molecule has 27 heavy (non-hydrogen) atoms. The molecule has 0 bridgehead atoms. The van der Waals surface area contributed by atoms with Crippen molar-refractivity contribution in [3.63, 3.8) is 0 Å². The van der Waals surface area contributed by atoms with E-state index in [0.717, 1.165) is 31.4 Å². The Balaban J connectivity index is 1.85. The molecule has 6 heteroatoms. The number of Topliss-reactive ketones (excluding diaryl/α,β-unsaturated/α-hetero) is 1. The number of carboxylic acid groups (broad SMARTS) is 1. The fourth-order valence-corrected chi connectivity index (χ4v) is 3.38. The molecule has 6 nitrogen and oxygen atoms in total. The smallest absolute Gasteiger partial charge is 0.303 e. The molecule has 0 aromatic heterocycles. The molecule has 1 saturated heterocycles. The van der Waals surface area contributed by atoms with Crippen LogP contribution in [0.3, 0.4) is 0 Å². The van der Waals surface area contributed by atoms with Gasteiger partial charge in [0.05, 0.1) is 6.61 Å². The molecule has 1 heterocycles. The zero-order chi connectivity index (χ0) is 19.6. The van der Waals surface area contributed by atoms with Crippen LogP contribution in [0.25, 0.3) is 0 Å². The number of carbonyl (C=O) groups is 3. The van der Waals surface area contributed by atoms with Crippen LogP contribution in [0.4, 0.5) is 0 Å². The summed E-state index contributed by atoms with van der Waals surface area (Å²) in [4.78, 5) is 37.5. The van der Waals surface area contributed by atoms with Crippen molar-refractivity contribution < 1.29 is 24.2 Å². The molecule has 2 rings (SSSR count). The Hall–Kier alpha value is -2.37. The third kappa shape index (κ3) is 6.70. The number of piperidine rings is 1. The van der Waals surface area contributed by atoms with Crippen molar-refractivity contribution >= 4 is 17.7 Å². The van der Waals surface area contributed by atoms with E-state index < -0.39 is 5.97 Å². The highest BCUT2D eigenvalue weighted by Crippen LogP contribution is 2.22. The summed E-state index contributed by atoms with van der Waals surface area (Å²) in [6.45, 7) is 3.32. The Labute approximate surface area is 160 Å². The standard InChI is InChI=1S/C21H29NO5/c1-2-15-27-18-9-6-16(7-10-18)19(23)11-12-20(24)22-14-4-3-5-17(22)8-13-21(25)26/h6-7,9-10,17H,2-5,8,11-15H2,1H3,(H,25,26). The average Bonchev–Trinajstić information content (AvgIpc) is 2.69. The predicted molar refractivity (Wildman–Crippen MR) is 102 cm³/mol. The van der Waals surface area contributed by atoms with Crippen molar-refractivity contribution in [1.82, 2.24) is 4.90 Å². The Morgan fingerprint density at radius 2 is 1.85 bits per heavy atom. The molecular formula is C21H29NO5. The first kappa shape index (κ1) is 20.9. The number of aliphatic carboxylic acids is 1. The van der Waals surface area contributed by atoms with Gasteiger partial charge in [0.2, 0.25) is 5.91 Å². The second-order valence-corrected chi connectivity index (χ2v) is 6.97. The highest BCUT2D eigenvalue weighted by Gasteiger charge is 2.27. The number of ketones is 1. The van der Waals surface area contributed by atoms with Crippen molar-refractivity contribution in [2.24, 2.45) is 0 Å². The van der Waals surface area contributed by atoms with Gasteiger partial charge >= 0.3 is 5.97 Å². The number of hydrogen-bond acceptors (Lipinski definition) is 4. The van der Waals surface area contributed by atoms with E-state index in [-0.39, 0.29) is 37.0 Å². The van der Waals surface area contributed by atoms with Crippen molar-refractivity contribution in [2.75, 3.05) is 13.2 Å². The first-order chi connectivity index (χ1) is 13.0. The normalized spacial score (nSPS) is 16.8. The van der Waals surface area contributed by atoms with Crippen molar-refractivity contribution in [3.05, 3.63) is 29.8 Å². The van der Waals surface area contributed by atoms with Gasteiger partial charge in [-0.1, -0.05) is 6.92 Å². The summed E-state index contributed by atoms with van der Waals surface area (Å²) in [5, 5.41) is 8.88. The lowest BCUT2D eigenvalue weighted by atomic mass is 9.97. The van der Waals surface area contributed by atoms with Crippen LogP contribution >= 0.6 is 0 Å². The Morgan fingerprint density at radius 3 is 2.52 bits per heavy atom. The highest BCUT2D eigenvalue weighted by molar-refractivity contribution is 5.98. The molecule has 0 aliphatic carbocycles. The molecule has 148 valence electrons. The van der Waals surface area contributed by atoms with Crippen LogP contribution in [0.1, 0.15) is 68.6 Å². The number of hydrogen-bond donors (Lipinski definition) is 1. The van der Waals surface area contributed by atoms with Crippen LogP contribution in [0.15, 0.2) is 24.3 Å². The van der Waals surface area contributed by atoms with Crippen LogP contribution in [-0.2, 0) is 9.59 Å². The van der Waals surface area contributed by atoms with Gasteiger partial charge < -0.3 is 14.7 Å². The number of rotatable bonds is 10. The van der Waals surface area contributed by atoms with Gasteiger partial charge in [0, 0.05) is 37.4 Å². The molecule has 1 aliphatic heterocycles. The minimum atomic E-state index is -0.838. The molecule has 0 saturated carbocycles. The Morgan fingerprint density at radius 1 is 1.11 bits per heavy atom. The molecular weight excluding hydrogens is 346 g/mol. The van der Waals surface area contributed by atoms with E-state index in [0.29, 0.717) is 25.1 Å². The van der Waals surface area contributed by atoms with E-state index in [1.165, 1.54) is 0 Å². The quantitative estimate of drug-likeness (QED) is 0.631. The summed E-state index contributed by atoms with van der Waals surface area (Å²) >= 11 is 0. The predicted octanol–water partition coefficient (Wildman–Crippen LogP) is 3.68. The lowest BCUT2D eigenvalue weighted by Gasteiger charge is -2.35. The van der Waals surface area contributed by atoms with E-state index in [4.69, 9.17) is 9.84 Å². The van der Waals surface area contributed by atoms with Gasteiger partial charge in [0.25, 0.3) is 0 Å². The van der Waals surface area contributed by atoms with Crippen molar-refractivity contribution in [1.29, 1.82) is 0 Å². The molecule has 1 aliphatic rings. The van der Waals surface area contributed by atoms with Gasteiger partial charge in [-0.25, -0.2) is 0 Å². The van der Waals surface area contributed by atoms with Gasteiger partial charge in [-0.3, -0.25) is 14.4 Å². The fourth-order valence-electron chi connectivity index (χ4n) is 3.38. The monoisotopic (exact) mass is 375 g/mol. The number of likely N-dealkylation sites (tertiary alicyclic amines) is 1. The van der Waals surface area contributed by atoms with Gasteiger partial charge in [-0.2, -0.15) is 0 Å². The van der Waals surface area contributed by atoms with Crippen LogP contribution in [0, 0.1) is 0 Å². The zero-order valence-corrected chi connectivity index (χ0v) is 16.0. The molecule has 1 aromatic rings. The minimum absolute atomic E-state index is 0.0209. The van der Waals surface area contributed by atoms with Crippen LogP contribution < -0.4 is 4.74 Å². The SMILES string of the molecule is CCCOc1ccc(C(=O)CCC(=O)N2CCCCC2CCC(=O)O)cc1. The number of carboxylic acids is 1. The van der Waals surface area contributed by atoms with Crippen LogP contribution in [0.5, 0.6) is 5.75 Å². The lowest BCUT2D eigenvalue weighted by Crippen LogP contribution is -2.44. The van der Waals surface area contributed by atoms with Gasteiger partial charge in [0.15, 0.2) is 5.78 Å².